The molecule has 1 fully saturated rings. The van der Waals surface area contributed by atoms with Crippen LogP contribution in [-0.4, -0.2) is 43.3 Å². The zero-order chi connectivity index (χ0) is 16.2. The van der Waals surface area contributed by atoms with Gasteiger partial charge in [0, 0.05) is 24.7 Å². The molecule has 0 radical (unpaired) electrons. The van der Waals surface area contributed by atoms with Crippen LogP contribution in [0.5, 0.6) is 11.5 Å². The Labute approximate surface area is 141 Å². The van der Waals surface area contributed by atoms with Crippen LogP contribution in [-0.2, 0) is 0 Å². The highest BCUT2D eigenvalue weighted by Gasteiger charge is 2.21. The SMILES string of the molecule is C[C@H]1CCCCN1CCCNC(=O)c1cc(Cl)c2c(c1)OCO2. The lowest BCUT2D eigenvalue weighted by Gasteiger charge is -2.33. The molecule has 0 bridgehead atoms. The third-order valence-electron chi connectivity index (χ3n) is 4.54. The highest BCUT2D eigenvalue weighted by molar-refractivity contribution is 6.32. The van der Waals surface area contributed by atoms with E-state index in [1.807, 2.05) is 0 Å². The first-order valence-electron chi connectivity index (χ1n) is 8.26. The number of nitrogens with zero attached hydrogens (tertiary/aromatic N) is 1. The number of rotatable bonds is 5. The van der Waals surface area contributed by atoms with E-state index in [1.165, 1.54) is 25.8 Å². The van der Waals surface area contributed by atoms with Crippen molar-refractivity contribution in [1.29, 1.82) is 0 Å². The zero-order valence-corrected chi connectivity index (χ0v) is 14.2. The summed E-state index contributed by atoms with van der Waals surface area (Å²) in [6.07, 6.45) is 4.85. The van der Waals surface area contributed by atoms with Gasteiger partial charge in [0.05, 0.1) is 5.02 Å². The molecular weight excluding hydrogens is 316 g/mol. The molecule has 1 saturated heterocycles. The largest absolute Gasteiger partial charge is 0.454 e. The number of ether oxygens (including phenoxy) is 2. The Morgan fingerprint density at radius 2 is 2.26 bits per heavy atom. The van der Waals surface area contributed by atoms with Crippen molar-refractivity contribution in [3.8, 4) is 11.5 Å². The van der Waals surface area contributed by atoms with E-state index in [4.69, 9.17) is 21.1 Å². The maximum absolute atomic E-state index is 12.2. The average Bonchev–Trinajstić information content (AvgIpc) is 3.02. The molecule has 1 amide bonds. The highest BCUT2D eigenvalue weighted by atomic mass is 35.5. The number of hydrogen-bond acceptors (Lipinski definition) is 4. The number of nitrogens with one attached hydrogen (secondary N) is 1. The van der Waals surface area contributed by atoms with Gasteiger partial charge in [0.25, 0.3) is 5.91 Å². The third kappa shape index (κ3) is 3.90. The van der Waals surface area contributed by atoms with E-state index in [-0.39, 0.29) is 12.7 Å². The Kier molecular flexibility index (Phi) is 5.28. The summed E-state index contributed by atoms with van der Waals surface area (Å²) in [6, 6.07) is 3.96. The Bertz CT molecular complexity index is 579. The second-order valence-corrected chi connectivity index (χ2v) is 6.59. The van der Waals surface area contributed by atoms with Gasteiger partial charge >= 0.3 is 0 Å². The lowest BCUT2D eigenvalue weighted by molar-refractivity contribution is 0.0948. The summed E-state index contributed by atoms with van der Waals surface area (Å²) in [7, 11) is 0. The molecule has 6 heteroatoms. The summed E-state index contributed by atoms with van der Waals surface area (Å²) in [5, 5.41) is 3.36. The van der Waals surface area contributed by atoms with Gasteiger partial charge in [-0.1, -0.05) is 18.0 Å². The topological polar surface area (TPSA) is 50.8 Å². The van der Waals surface area contributed by atoms with Gasteiger partial charge in [-0.2, -0.15) is 0 Å². The highest BCUT2D eigenvalue weighted by Crippen LogP contribution is 2.39. The first-order valence-corrected chi connectivity index (χ1v) is 8.64. The maximum atomic E-state index is 12.2. The lowest BCUT2D eigenvalue weighted by Crippen LogP contribution is -2.39. The monoisotopic (exact) mass is 338 g/mol. The van der Waals surface area contributed by atoms with Gasteiger partial charge in [-0.05, 0) is 44.9 Å². The normalized spacial score (nSPS) is 20.5. The molecule has 2 aliphatic rings. The Morgan fingerprint density at radius 3 is 3.09 bits per heavy atom. The number of fused-ring (bicyclic) bond motifs is 1. The van der Waals surface area contributed by atoms with Crippen molar-refractivity contribution in [1.82, 2.24) is 10.2 Å². The molecule has 0 spiro atoms. The van der Waals surface area contributed by atoms with E-state index < -0.39 is 0 Å². The van der Waals surface area contributed by atoms with Crippen molar-refractivity contribution in [2.45, 2.75) is 38.6 Å². The van der Waals surface area contributed by atoms with Gasteiger partial charge < -0.3 is 19.7 Å². The lowest BCUT2D eigenvalue weighted by atomic mass is 10.0. The van der Waals surface area contributed by atoms with E-state index >= 15 is 0 Å². The number of carbonyl (C=O) groups is 1. The predicted molar refractivity (Wildman–Crippen MR) is 89.4 cm³/mol. The van der Waals surface area contributed by atoms with Crippen LogP contribution in [0.1, 0.15) is 43.0 Å². The first kappa shape index (κ1) is 16.4. The molecule has 23 heavy (non-hydrogen) atoms. The van der Waals surface area contributed by atoms with Crippen molar-refractivity contribution >= 4 is 17.5 Å². The zero-order valence-electron chi connectivity index (χ0n) is 13.4. The number of likely N-dealkylation sites (tertiary alicyclic amines) is 1. The van der Waals surface area contributed by atoms with Gasteiger partial charge in [-0.25, -0.2) is 0 Å². The molecule has 1 aromatic carbocycles. The summed E-state index contributed by atoms with van der Waals surface area (Å²) < 4.78 is 10.5. The van der Waals surface area contributed by atoms with Crippen molar-refractivity contribution in [2.24, 2.45) is 0 Å². The van der Waals surface area contributed by atoms with Gasteiger partial charge in [0.15, 0.2) is 11.5 Å². The van der Waals surface area contributed by atoms with E-state index in [1.54, 1.807) is 12.1 Å². The van der Waals surface area contributed by atoms with Crippen LogP contribution in [0.25, 0.3) is 0 Å². The Hall–Kier alpha value is -1.46. The van der Waals surface area contributed by atoms with Gasteiger partial charge in [0.2, 0.25) is 6.79 Å². The number of hydrogen-bond donors (Lipinski definition) is 1. The van der Waals surface area contributed by atoms with E-state index in [0.29, 0.717) is 34.7 Å². The van der Waals surface area contributed by atoms with Gasteiger partial charge in [-0.15, -0.1) is 0 Å². The fourth-order valence-corrected chi connectivity index (χ4v) is 3.44. The summed E-state index contributed by atoms with van der Waals surface area (Å²) in [5.74, 6) is 0.920. The summed E-state index contributed by atoms with van der Waals surface area (Å²) >= 11 is 6.11. The third-order valence-corrected chi connectivity index (χ3v) is 4.82. The number of piperidine rings is 1. The molecule has 0 aliphatic carbocycles. The summed E-state index contributed by atoms with van der Waals surface area (Å²) in [4.78, 5) is 14.7. The van der Waals surface area contributed by atoms with Crippen LogP contribution < -0.4 is 14.8 Å². The van der Waals surface area contributed by atoms with Crippen LogP contribution in [0.15, 0.2) is 12.1 Å². The molecule has 1 atom stereocenters. The van der Waals surface area contributed by atoms with Crippen molar-refractivity contribution in [3.63, 3.8) is 0 Å². The van der Waals surface area contributed by atoms with Crippen LogP contribution >= 0.6 is 11.6 Å². The predicted octanol–water partition coefficient (Wildman–Crippen LogP) is 3.06. The van der Waals surface area contributed by atoms with E-state index in [0.717, 1.165) is 13.0 Å². The summed E-state index contributed by atoms with van der Waals surface area (Å²) in [6.45, 7) is 5.30. The second kappa shape index (κ2) is 7.41. The molecule has 1 aromatic rings. The fraction of sp³-hybridized carbons (Fsp3) is 0.588. The van der Waals surface area contributed by atoms with Crippen LogP contribution in [0, 0.1) is 0 Å². The number of amides is 1. The average molecular weight is 339 g/mol. The van der Waals surface area contributed by atoms with Crippen LogP contribution in [0.3, 0.4) is 0 Å². The minimum Gasteiger partial charge on any atom is -0.454 e. The molecule has 2 heterocycles. The standard InChI is InChI=1S/C17H23ClN2O3/c1-12-5-2-3-7-20(12)8-4-6-19-17(21)13-9-14(18)16-15(10-13)22-11-23-16/h9-10,12H,2-8,11H2,1H3,(H,19,21)/t12-/m0/s1. The van der Waals surface area contributed by atoms with Crippen molar-refractivity contribution in [2.75, 3.05) is 26.4 Å². The molecule has 126 valence electrons. The minimum atomic E-state index is -0.128. The maximum Gasteiger partial charge on any atom is 0.251 e. The van der Waals surface area contributed by atoms with Crippen LogP contribution in [0.4, 0.5) is 0 Å². The number of halogens is 1. The van der Waals surface area contributed by atoms with Gasteiger partial charge in [-0.3, -0.25) is 4.79 Å². The van der Waals surface area contributed by atoms with Crippen molar-refractivity contribution in [3.05, 3.63) is 22.7 Å². The minimum absolute atomic E-state index is 0.128. The number of benzene rings is 1. The Morgan fingerprint density at radius 1 is 1.39 bits per heavy atom. The second-order valence-electron chi connectivity index (χ2n) is 6.18. The molecule has 5 nitrogen and oxygen atoms in total. The summed E-state index contributed by atoms with van der Waals surface area (Å²) in [5.41, 5.74) is 0.505. The fourth-order valence-electron chi connectivity index (χ4n) is 3.17. The molecular formula is C17H23ClN2O3. The number of carbonyl (C=O) groups excluding carboxylic acids is 1. The van der Waals surface area contributed by atoms with E-state index in [2.05, 4.69) is 17.1 Å². The molecule has 3 rings (SSSR count). The molecule has 0 aromatic heterocycles. The van der Waals surface area contributed by atoms with E-state index in [9.17, 15) is 4.79 Å². The quantitative estimate of drug-likeness (QED) is 0.838. The molecule has 1 N–H and O–H groups in total. The Balaban J connectivity index is 1.47. The first-order chi connectivity index (χ1) is 11.1. The van der Waals surface area contributed by atoms with Crippen molar-refractivity contribution < 1.29 is 14.3 Å². The van der Waals surface area contributed by atoms with Crippen LogP contribution in [0.2, 0.25) is 5.02 Å². The molecule has 2 aliphatic heterocycles. The molecule has 0 saturated carbocycles. The molecule has 0 unspecified atom stereocenters. The smallest absolute Gasteiger partial charge is 0.251 e. The van der Waals surface area contributed by atoms with Gasteiger partial charge in [0.1, 0.15) is 0 Å².